The number of hydrogen-bond donors (Lipinski definition) is 0. The smallest absolute Gasteiger partial charge is 0.231 e. The van der Waals surface area contributed by atoms with Crippen molar-refractivity contribution in [1.29, 1.82) is 0 Å². The summed E-state index contributed by atoms with van der Waals surface area (Å²) in [5.74, 6) is 13.1. The molecule has 3 aromatic carbocycles. The van der Waals surface area contributed by atoms with Crippen LogP contribution in [-0.2, 0) is 8.85 Å². The molecule has 214 valence electrons. The van der Waals surface area contributed by atoms with Crippen molar-refractivity contribution < 1.29 is 8.85 Å². The quantitative estimate of drug-likeness (QED) is 0.110. The zero-order valence-corrected chi connectivity index (χ0v) is 27.1. The summed E-state index contributed by atoms with van der Waals surface area (Å²) in [6, 6.07) is 28.4. The van der Waals surface area contributed by atoms with E-state index in [9.17, 15) is 0 Å². The molecule has 0 aliphatic heterocycles. The molecule has 0 saturated carbocycles. The average molecular weight is 587 g/mol. The van der Waals surface area contributed by atoms with Gasteiger partial charge in [-0.1, -0.05) is 72.3 Å². The second kappa shape index (κ2) is 16.5. The van der Waals surface area contributed by atoms with E-state index >= 15 is 0 Å². The van der Waals surface area contributed by atoms with Gasteiger partial charge in [0, 0.05) is 35.5 Å². The van der Waals surface area contributed by atoms with Crippen LogP contribution in [0.15, 0.2) is 123 Å². The van der Waals surface area contributed by atoms with Crippen molar-refractivity contribution in [3.8, 4) is 23.7 Å². The first-order valence-electron chi connectivity index (χ1n) is 14.5. The fourth-order valence-electron chi connectivity index (χ4n) is 5.17. The van der Waals surface area contributed by atoms with Gasteiger partial charge in [-0.2, -0.15) is 0 Å². The Morgan fingerprint density at radius 3 is 0.929 bits per heavy atom. The first kappa shape index (κ1) is 32.6. The highest BCUT2D eigenvalue weighted by molar-refractivity contribution is 6.87. The van der Waals surface area contributed by atoms with Crippen LogP contribution in [-0.4, -0.2) is 29.8 Å². The van der Waals surface area contributed by atoms with E-state index < -0.39 is 16.6 Å². The Kier molecular flexibility index (Phi) is 12.8. The van der Waals surface area contributed by atoms with Crippen molar-refractivity contribution in [2.75, 3.05) is 13.2 Å². The summed E-state index contributed by atoms with van der Waals surface area (Å²) in [7, 11) is -4.30. The molecule has 0 amide bonds. The fraction of sp³-hybridized carbons (Fsp3) is 0.211. The van der Waals surface area contributed by atoms with Gasteiger partial charge in [0.1, 0.15) is 0 Å². The molecule has 0 fully saturated rings. The minimum Gasteiger partial charge on any atom is -0.412 e. The number of hydrogen-bond acceptors (Lipinski definition) is 2. The standard InChI is InChI=1S/C38H42O2Si2/c1-7-29-41(30-8-2,39-11-5)37-25-21-35(22-26-37)19-17-33-13-15-34(16-14-33)18-20-36-23-27-38(28-24-36)42(31-9-3,32-10-4)40-12-6/h7-10,13-16,21-28H,1-4,11-12,29-32H2,5-6H3. The lowest BCUT2D eigenvalue weighted by Gasteiger charge is -2.29. The third-order valence-electron chi connectivity index (χ3n) is 7.15. The predicted octanol–water partition coefficient (Wildman–Crippen LogP) is 7.61. The van der Waals surface area contributed by atoms with Crippen molar-refractivity contribution in [1.82, 2.24) is 0 Å². The normalized spacial score (nSPS) is 10.9. The summed E-state index contributed by atoms with van der Waals surface area (Å²) >= 11 is 0. The highest BCUT2D eigenvalue weighted by Crippen LogP contribution is 2.21. The lowest BCUT2D eigenvalue weighted by Crippen LogP contribution is -2.50. The molecule has 0 atom stereocenters. The van der Waals surface area contributed by atoms with Gasteiger partial charge in [0.15, 0.2) is 0 Å². The lowest BCUT2D eigenvalue weighted by atomic mass is 10.1. The second-order valence-corrected chi connectivity index (χ2v) is 17.4. The SMILES string of the molecule is C=CC[Si](CC=C)(OCC)c1ccc(C#Cc2ccc(C#Cc3ccc([Si](CC=C)(CC=C)OCC)cc3)cc2)cc1. The van der Waals surface area contributed by atoms with Gasteiger partial charge in [-0.25, -0.2) is 0 Å². The Morgan fingerprint density at radius 1 is 0.476 bits per heavy atom. The Hall–Kier alpha value is -3.91. The third-order valence-corrected chi connectivity index (χ3v) is 15.4. The molecule has 0 aliphatic carbocycles. The van der Waals surface area contributed by atoms with E-state index in [0.29, 0.717) is 13.2 Å². The van der Waals surface area contributed by atoms with E-state index in [1.807, 2.05) is 62.4 Å². The molecular formula is C38H42O2Si2. The summed E-state index contributed by atoms with van der Waals surface area (Å²) in [6.45, 7) is 21.3. The maximum Gasteiger partial charge on any atom is 0.231 e. The van der Waals surface area contributed by atoms with Crippen LogP contribution in [0.2, 0.25) is 24.2 Å². The minimum atomic E-state index is -2.15. The molecule has 0 aromatic heterocycles. The predicted molar refractivity (Wildman–Crippen MR) is 185 cm³/mol. The molecule has 0 radical (unpaired) electrons. The van der Waals surface area contributed by atoms with E-state index in [1.54, 1.807) is 0 Å². The van der Waals surface area contributed by atoms with Gasteiger partial charge >= 0.3 is 0 Å². The van der Waals surface area contributed by atoms with Crippen LogP contribution < -0.4 is 10.4 Å². The van der Waals surface area contributed by atoms with Crippen molar-refractivity contribution in [3.63, 3.8) is 0 Å². The Bertz CT molecular complexity index is 1330. The lowest BCUT2D eigenvalue weighted by molar-refractivity contribution is 0.333. The van der Waals surface area contributed by atoms with Crippen LogP contribution in [0.4, 0.5) is 0 Å². The number of rotatable bonds is 14. The number of allylic oxidation sites excluding steroid dienone is 4. The molecule has 0 aliphatic rings. The molecule has 0 spiro atoms. The van der Waals surface area contributed by atoms with Gasteiger partial charge in [-0.05, 0) is 96.9 Å². The first-order chi connectivity index (χ1) is 20.5. The van der Waals surface area contributed by atoms with Gasteiger partial charge in [-0.3, -0.25) is 0 Å². The van der Waals surface area contributed by atoms with Gasteiger partial charge in [0.25, 0.3) is 0 Å². The third kappa shape index (κ3) is 8.55. The molecule has 3 aromatic rings. The van der Waals surface area contributed by atoms with Crippen molar-refractivity contribution >= 4 is 27.0 Å². The van der Waals surface area contributed by atoms with Gasteiger partial charge in [0.2, 0.25) is 16.6 Å². The second-order valence-electron chi connectivity index (χ2n) is 10.1. The highest BCUT2D eigenvalue weighted by atomic mass is 28.4. The summed E-state index contributed by atoms with van der Waals surface area (Å²) in [6.07, 6.45) is 7.86. The molecule has 0 bridgehead atoms. The maximum atomic E-state index is 6.31. The van der Waals surface area contributed by atoms with E-state index in [1.165, 1.54) is 10.4 Å². The van der Waals surface area contributed by atoms with E-state index in [-0.39, 0.29) is 0 Å². The van der Waals surface area contributed by atoms with Crippen LogP contribution in [0.1, 0.15) is 36.1 Å². The van der Waals surface area contributed by atoms with Crippen LogP contribution in [0.25, 0.3) is 0 Å². The summed E-state index contributed by atoms with van der Waals surface area (Å²) in [5.41, 5.74) is 3.85. The molecule has 2 nitrogen and oxygen atoms in total. The summed E-state index contributed by atoms with van der Waals surface area (Å²) < 4.78 is 12.6. The largest absolute Gasteiger partial charge is 0.412 e. The molecule has 3 rings (SSSR count). The van der Waals surface area contributed by atoms with E-state index in [2.05, 4.69) is 98.5 Å². The molecule has 0 saturated heterocycles. The van der Waals surface area contributed by atoms with Crippen LogP contribution in [0.3, 0.4) is 0 Å². The Balaban J connectivity index is 1.72. The van der Waals surface area contributed by atoms with Crippen LogP contribution in [0.5, 0.6) is 0 Å². The summed E-state index contributed by atoms with van der Waals surface area (Å²) in [5, 5.41) is 2.49. The monoisotopic (exact) mass is 586 g/mol. The molecule has 4 heteroatoms. The fourth-order valence-corrected chi connectivity index (χ4v) is 11.8. The maximum absolute atomic E-state index is 6.31. The van der Waals surface area contributed by atoms with Gasteiger partial charge < -0.3 is 8.85 Å². The molecule has 0 heterocycles. The van der Waals surface area contributed by atoms with Crippen LogP contribution >= 0.6 is 0 Å². The Labute approximate surface area is 255 Å². The molecule has 42 heavy (non-hydrogen) atoms. The molecule has 0 unspecified atom stereocenters. The van der Waals surface area contributed by atoms with Crippen molar-refractivity contribution in [3.05, 3.63) is 146 Å². The highest BCUT2D eigenvalue weighted by Gasteiger charge is 2.35. The minimum absolute atomic E-state index is 0.685. The van der Waals surface area contributed by atoms with Crippen LogP contribution in [0, 0.1) is 23.7 Å². The van der Waals surface area contributed by atoms with E-state index in [0.717, 1.165) is 46.4 Å². The van der Waals surface area contributed by atoms with Crippen molar-refractivity contribution in [2.45, 2.75) is 38.0 Å². The number of benzene rings is 3. The van der Waals surface area contributed by atoms with Gasteiger partial charge in [0.05, 0.1) is 0 Å². The zero-order valence-electron chi connectivity index (χ0n) is 25.1. The zero-order chi connectivity index (χ0) is 30.3. The first-order valence-corrected chi connectivity index (χ1v) is 19.2. The molecular weight excluding hydrogens is 545 g/mol. The van der Waals surface area contributed by atoms with E-state index in [4.69, 9.17) is 8.85 Å². The molecule has 0 N–H and O–H groups in total. The van der Waals surface area contributed by atoms with Crippen molar-refractivity contribution in [2.24, 2.45) is 0 Å². The summed E-state index contributed by atoms with van der Waals surface area (Å²) in [4.78, 5) is 0. The Morgan fingerprint density at radius 2 is 0.714 bits per heavy atom. The topological polar surface area (TPSA) is 18.5 Å². The average Bonchev–Trinajstić information content (AvgIpc) is 3.01. The van der Waals surface area contributed by atoms with Gasteiger partial charge in [-0.15, -0.1) is 26.3 Å².